The molecule has 0 aromatic heterocycles. The predicted molar refractivity (Wildman–Crippen MR) is 111 cm³/mol. The first-order valence-electron chi connectivity index (χ1n) is 8.96. The summed E-state index contributed by atoms with van der Waals surface area (Å²) in [5, 5.41) is 23.5. The quantitative estimate of drug-likeness (QED) is 0.444. The SMILES string of the molecule is C=C(COc1cc(O)cc2ccccc12)COc1cc(O)cc2ccccc12. The zero-order valence-electron chi connectivity index (χ0n) is 15.3. The minimum atomic E-state index is 0.154. The number of hydrogen-bond donors (Lipinski definition) is 2. The first-order valence-corrected chi connectivity index (χ1v) is 8.96. The second-order valence-corrected chi connectivity index (χ2v) is 6.66. The van der Waals surface area contributed by atoms with Crippen LogP contribution in [0.2, 0.25) is 0 Å². The lowest BCUT2D eigenvalue weighted by Crippen LogP contribution is -2.09. The van der Waals surface area contributed by atoms with Crippen molar-refractivity contribution in [3.63, 3.8) is 0 Å². The third-order valence-electron chi connectivity index (χ3n) is 4.48. The van der Waals surface area contributed by atoms with Gasteiger partial charge in [0.1, 0.15) is 36.2 Å². The Kier molecular flexibility index (Phi) is 4.77. The van der Waals surface area contributed by atoms with Gasteiger partial charge >= 0.3 is 0 Å². The van der Waals surface area contributed by atoms with E-state index in [0.717, 1.165) is 27.1 Å². The van der Waals surface area contributed by atoms with Gasteiger partial charge in [-0.3, -0.25) is 0 Å². The maximum atomic E-state index is 9.90. The molecular weight excluding hydrogens is 352 g/mol. The predicted octanol–water partition coefficient (Wildman–Crippen LogP) is 5.42. The van der Waals surface area contributed by atoms with Gasteiger partial charge in [-0.05, 0) is 28.5 Å². The fourth-order valence-electron chi connectivity index (χ4n) is 3.16. The average Bonchev–Trinajstić information content (AvgIpc) is 2.70. The molecule has 4 aromatic rings. The van der Waals surface area contributed by atoms with Crippen LogP contribution < -0.4 is 9.47 Å². The van der Waals surface area contributed by atoms with E-state index in [4.69, 9.17) is 9.47 Å². The molecule has 0 saturated carbocycles. The van der Waals surface area contributed by atoms with E-state index in [9.17, 15) is 10.2 Å². The van der Waals surface area contributed by atoms with Crippen molar-refractivity contribution in [1.29, 1.82) is 0 Å². The molecule has 140 valence electrons. The van der Waals surface area contributed by atoms with Gasteiger partial charge in [0.25, 0.3) is 0 Å². The van der Waals surface area contributed by atoms with Gasteiger partial charge in [-0.15, -0.1) is 0 Å². The molecule has 0 radical (unpaired) electrons. The van der Waals surface area contributed by atoms with Crippen molar-refractivity contribution < 1.29 is 19.7 Å². The van der Waals surface area contributed by atoms with Crippen LogP contribution in [-0.2, 0) is 0 Å². The average molecular weight is 372 g/mol. The van der Waals surface area contributed by atoms with Gasteiger partial charge < -0.3 is 19.7 Å². The molecule has 0 aliphatic heterocycles. The fraction of sp³-hybridized carbons (Fsp3) is 0.0833. The highest BCUT2D eigenvalue weighted by molar-refractivity contribution is 5.90. The topological polar surface area (TPSA) is 58.9 Å². The Labute approximate surface area is 162 Å². The van der Waals surface area contributed by atoms with Crippen LogP contribution in [0, 0.1) is 0 Å². The van der Waals surface area contributed by atoms with Gasteiger partial charge in [-0.1, -0.05) is 55.1 Å². The van der Waals surface area contributed by atoms with E-state index in [1.807, 2.05) is 48.5 Å². The molecule has 4 heteroatoms. The molecule has 4 rings (SSSR count). The molecule has 4 aromatic carbocycles. The van der Waals surface area contributed by atoms with Crippen molar-refractivity contribution in [3.8, 4) is 23.0 Å². The number of benzene rings is 4. The molecule has 4 nitrogen and oxygen atoms in total. The lowest BCUT2D eigenvalue weighted by atomic mass is 10.1. The monoisotopic (exact) mass is 372 g/mol. The zero-order chi connectivity index (χ0) is 19.5. The van der Waals surface area contributed by atoms with Crippen molar-refractivity contribution in [2.75, 3.05) is 13.2 Å². The standard InChI is InChI=1S/C24H20O4/c1-16(14-27-23-12-19(25)10-17-6-2-4-8-21(17)23)15-28-24-13-20(26)11-18-7-3-5-9-22(18)24/h2-13,25-26H,1,14-15H2. The van der Waals surface area contributed by atoms with Gasteiger partial charge in [-0.25, -0.2) is 0 Å². The summed E-state index contributed by atoms with van der Waals surface area (Å²) in [6.07, 6.45) is 0. The third-order valence-corrected chi connectivity index (χ3v) is 4.48. The molecular formula is C24H20O4. The Morgan fingerprint density at radius 1 is 0.679 bits per heavy atom. The maximum absolute atomic E-state index is 9.90. The number of phenols is 2. The highest BCUT2D eigenvalue weighted by Gasteiger charge is 2.08. The molecule has 0 saturated heterocycles. The van der Waals surface area contributed by atoms with E-state index in [2.05, 4.69) is 6.58 Å². The molecule has 0 spiro atoms. The Morgan fingerprint density at radius 3 is 1.57 bits per heavy atom. The van der Waals surface area contributed by atoms with Crippen molar-refractivity contribution in [1.82, 2.24) is 0 Å². The Balaban J connectivity index is 1.45. The van der Waals surface area contributed by atoms with Crippen LogP contribution in [-0.4, -0.2) is 23.4 Å². The van der Waals surface area contributed by atoms with Crippen LogP contribution in [0.25, 0.3) is 21.5 Å². The number of rotatable bonds is 6. The fourth-order valence-corrected chi connectivity index (χ4v) is 3.16. The Hall–Kier alpha value is -3.66. The molecule has 0 heterocycles. The number of fused-ring (bicyclic) bond motifs is 2. The number of phenolic OH excluding ortho intramolecular Hbond substituents is 2. The molecule has 0 aliphatic rings. The highest BCUT2D eigenvalue weighted by atomic mass is 16.5. The molecule has 28 heavy (non-hydrogen) atoms. The van der Waals surface area contributed by atoms with Gasteiger partial charge in [0.05, 0.1) is 0 Å². The number of aromatic hydroxyl groups is 2. The molecule has 0 fully saturated rings. The second-order valence-electron chi connectivity index (χ2n) is 6.66. The van der Waals surface area contributed by atoms with Crippen molar-refractivity contribution in [2.45, 2.75) is 0 Å². The van der Waals surface area contributed by atoms with Crippen LogP contribution in [0.4, 0.5) is 0 Å². The van der Waals surface area contributed by atoms with Crippen molar-refractivity contribution in [2.24, 2.45) is 0 Å². The lowest BCUT2D eigenvalue weighted by Gasteiger charge is -2.14. The van der Waals surface area contributed by atoms with Crippen LogP contribution in [0.5, 0.6) is 23.0 Å². The highest BCUT2D eigenvalue weighted by Crippen LogP contribution is 2.32. The van der Waals surface area contributed by atoms with E-state index in [1.165, 1.54) is 0 Å². The maximum Gasteiger partial charge on any atom is 0.131 e. The van der Waals surface area contributed by atoms with Gasteiger partial charge in [0.2, 0.25) is 0 Å². The second kappa shape index (κ2) is 7.53. The smallest absolute Gasteiger partial charge is 0.131 e. The van der Waals surface area contributed by atoms with Gasteiger partial charge in [-0.2, -0.15) is 0 Å². The van der Waals surface area contributed by atoms with Crippen LogP contribution in [0.3, 0.4) is 0 Å². The number of hydrogen-bond acceptors (Lipinski definition) is 4. The molecule has 0 bridgehead atoms. The summed E-state index contributed by atoms with van der Waals surface area (Å²) < 4.78 is 11.7. The summed E-state index contributed by atoms with van der Waals surface area (Å²) >= 11 is 0. The lowest BCUT2D eigenvalue weighted by molar-refractivity contribution is 0.304. The summed E-state index contributed by atoms with van der Waals surface area (Å²) in [5.74, 6) is 1.50. The minimum Gasteiger partial charge on any atom is -0.508 e. The normalized spacial score (nSPS) is 10.9. The largest absolute Gasteiger partial charge is 0.508 e. The summed E-state index contributed by atoms with van der Waals surface area (Å²) in [5.41, 5.74) is 0.736. The van der Waals surface area contributed by atoms with Crippen molar-refractivity contribution >= 4 is 21.5 Å². The van der Waals surface area contributed by atoms with E-state index in [1.54, 1.807) is 24.3 Å². The molecule has 0 aliphatic carbocycles. The van der Waals surface area contributed by atoms with E-state index in [0.29, 0.717) is 11.5 Å². The van der Waals surface area contributed by atoms with E-state index in [-0.39, 0.29) is 24.7 Å². The van der Waals surface area contributed by atoms with Crippen molar-refractivity contribution in [3.05, 3.63) is 84.9 Å². The molecule has 0 unspecified atom stereocenters. The first kappa shape index (κ1) is 17.7. The zero-order valence-corrected chi connectivity index (χ0v) is 15.3. The van der Waals surface area contributed by atoms with E-state index < -0.39 is 0 Å². The molecule has 0 atom stereocenters. The summed E-state index contributed by atoms with van der Waals surface area (Å²) in [4.78, 5) is 0. The summed E-state index contributed by atoms with van der Waals surface area (Å²) in [6, 6.07) is 22.0. The van der Waals surface area contributed by atoms with Gasteiger partial charge in [0.15, 0.2) is 0 Å². The minimum absolute atomic E-state index is 0.154. The molecule has 2 N–H and O–H groups in total. The van der Waals surface area contributed by atoms with Gasteiger partial charge in [0, 0.05) is 22.9 Å². The third kappa shape index (κ3) is 3.71. The summed E-state index contributed by atoms with van der Waals surface area (Å²) in [7, 11) is 0. The Morgan fingerprint density at radius 2 is 1.11 bits per heavy atom. The first-order chi connectivity index (χ1) is 13.6. The van der Waals surface area contributed by atoms with Crippen LogP contribution in [0.1, 0.15) is 0 Å². The Bertz CT molecular complexity index is 1070. The van der Waals surface area contributed by atoms with E-state index >= 15 is 0 Å². The summed E-state index contributed by atoms with van der Waals surface area (Å²) in [6.45, 7) is 4.52. The van der Waals surface area contributed by atoms with Crippen LogP contribution >= 0.6 is 0 Å². The number of ether oxygens (including phenoxy) is 2. The van der Waals surface area contributed by atoms with Crippen LogP contribution in [0.15, 0.2) is 84.9 Å². The molecule has 0 amide bonds.